The van der Waals surface area contributed by atoms with E-state index in [0.717, 1.165) is 31.7 Å². The van der Waals surface area contributed by atoms with E-state index >= 15 is 0 Å². The third-order valence-electron chi connectivity index (χ3n) is 3.02. The smallest absolute Gasteiger partial charge is 0.246 e. The first-order valence-corrected chi connectivity index (χ1v) is 6.64. The zero-order chi connectivity index (χ0) is 13.6. The van der Waals surface area contributed by atoms with Crippen molar-refractivity contribution in [3.63, 3.8) is 0 Å². The molecule has 0 spiro atoms. The van der Waals surface area contributed by atoms with E-state index in [1.54, 1.807) is 0 Å². The molecule has 3 radical (unpaired) electrons. The van der Waals surface area contributed by atoms with Crippen LogP contribution in [0.15, 0.2) is 18.2 Å². The monoisotopic (exact) mass is 269 g/mol. The lowest BCUT2D eigenvalue weighted by atomic mass is 9.99. The zero-order valence-electron chi connectivity index (χ0n) is 10.9. The predicted molar refractivity (Wildman–Crippen MR) is 69.4 cm³/mol. The maximum Gasteiger partial charge on any atom is 0.246 e. The van der Waals surface area contributed by atoms with E-state index in [9.17, 15) is 8.78 Å². The summed E-state index contributed by atoms with van der Waals surface area (Å²) >= 11 is 0. The molecule has 99 valence electrons. The lowest BCUT2D eigenvalue weighted by Crippen LogP contribution is -2.22. The summed E-state index contributed by atoms with van der Waals surface area (Å²) in [6, 6.07) is 3.77. The maximum absolute atomic E-state index is 13.3. The third-order valence-corrected chi connectivity index (χ3v) is 3.57. The molecule has 1 nitrogen and oxygen atoms in total. The van der Waals surface area contributed by atoms with Crippen LogP contribution in [-0.2, 0) is 10.8 Å². The average molecular weight is 269 g/mol. The van der Waals surface area contributed by atoms with E-state index in [4.69, 9.17) is 4.43 Å². The number of halogens is 2. The van der Waals surface area contributed by atoms with Crippen LogP contribution in [0.3, 0.4) is 0 Å². The summed E-state index contributed by atoms with van der Waals surface area (Å²) in [6.07, 6.45) is 4.54. The molecule has 0 aliphatic carbocycles. The first-order valence-electron chi connectivity index (χ1n) is 6.23. The Morgan fingerprint density at radius 3 is 2.50 bits per heavy atom. The summed E-state index contributed by atoms with van der Waals surface area (Å²) in [5.74, 6) is -0.967. The predicted octanol–water partition coefficient (Wildman–Crippen LogP) is 3.95. The quantitative estimate of drug-likeness (QED) is 0.538. The van der Waals surface area contributed by atoms with Crippen LogP contribution >= 0.6 is 0 Å². The van der Waals surface area contributed by atoms with Gasteiger partial charge in [-0.1, -0.05) is 18.9 Å². The summed E-state index contributed by atoms with van der Waals surface area (Å²) in [6.45, 7) is 4.03. The molecule has 0 heterocycles. The Labute approximate surface area is 111 Å². The second kappa shape index (κ2) is 7.00. The molecule has 18 heavy (non-hydrogen) atoms. The van der Waals surface area contributed by atoms with Gasteiger partial charge in [-0.25, -0.2) is 8.78 Å². The van der Waals surface area contributed by atoms with E-state index in [1.807, 2.05) is 13.8 Å². The van der Waals surface area contributed by atoms with Crippen molar-refractivity contribution in [3.8, 4) is 0 Å². The molecule has 1 rings (SSSR count). The maximum atomic E-state index is 13.3. The molecule has 0 aromatic heterocycles. The van der Waals surface area contributed by atoms with Crippen LogP contribution in [0.2, 0.25) is 0 Å². The molecule has 0 fully saturated rings. The number of hydrogen-bond acceptors (Lipinski definition) is 1. The molecule has 0 amide bonds. The molecule has 0 aliphatic rings. The zero-order valence-corrected chi connectivity index (χ0v) is 11.9. The van der Waals surface area contributed by atoms with Crippen molar-refractivity contribution < 1.29 is 13.2 Å². The molecular formula is C14H19F2OSi. The van der Waals surface area contributed by atoms with E-state index in [1.165, 1.54) is 12.1 Å². The van der Waals surface area contributed by atoms with E-state index in [-0.39, 0.29) is 5.60 Å². The highest BCUT2D eigenvalue weighted by atomic mass is 28.2. The Bertz CT molecular complexity index is 380. The fourth-order valence-corrected chi connectivity index (χ4v) is 1.92. The average Bonchev–Trinajstić information content (AvgIpc) is 2.31. The van der Waals surface area contributed by atoms with Crippen molar-refractivity contribution >= 4 is 10.5 Å². The van der Waals surface area contributed by atoms with Gasteiger partial charge in [0.15, 0.2) is 0 Å². The standard InChI is InChI=1S/C14H19F2OSi/c1-14(2,17-18)9-5-3-4-6-11-7-8-12(15)10-13(11)16/h7-8,10H,3-6,9H2,1-2H3. The van der Waals surface area contributed by atoms with E-state index < -0.39 is 11.6 Å². The van der Waals surface area contributed by atoms with Gasteiger partial charge in [0.05, 0.1) is 0 Å². The van der Waals surface area contributed by atoms with Crippen LogP contribution in [0, 0.1) is 11.6 Å². The van der Waals surface area contributed by atoms with Crippen molar-refractivity contribution in [2.75, 3.05) is 0 Å². The van der Waals surface area contributed by atoms with Crippen molar-refractivity contribution in [1.29, 1.82) is 0 Å². The highest BCUT2D eigenvalue weighted by Crippen LogP contribution is 2.18. The molecule has 0 saturated carbocycles. The van der Waals surface area contributed by atoms with Gasteiger partial charge in [-0.15, -0.1) is 0 Å². The van der Waals surface area contributed by atoms with E-state index in [0.29, 0.717) is 12.0 Å². The molecular weight excluding hydrogens is 250 g/mol. The van der Waals surface area contributed by atoms with Gasteiger partial charge in [0.2, 0.25) is 10.5 Å². The number of unbranched alkanes of at least 4 members (excludes halogenated alkanes) is 2. The topological polar surface area (TPSA) is 9.23 Å². The fourth-order valence-electron chi connectivity index (χ4n) is 1.82. The first kappa shape index (κ1) is 15.3. The normalized spacial score (nSPS) is 11.8. The number of aryl methyl sites for hydroxylation is 1. The Morgan fingerprint density at radius 1 is 1.17 bits per heavy atom. The molecule has 0 unspecified atom stereocenters. The molecule has 4 heteroatoms. The Kier molecular flexibility index (Phi) is 5.95. The van der Waals surface area contributed by atoms with Crippen LogP contribution in [-0.4, -0.2) is 16.1 Å². The van der Waals surface area contributed by atoms with Crippen LogP contribution in [0.5, 0.6) is 0 Å². The van der Waals surface area contributed by atoms with Gasteiger partial charge >= 0.3 is 0 Å². The van der Waals surface area contributed by atoms with Gasteiger partial charge in [-0.05, 0) is 44.7 Å². The Balaban J connectivity index is 2.26. The molecule has 0 atom stereocenters. The Hall–Kier alpha value is -0.743. The van der Waals surface area contributed by atoms with Crippen LogP contribution in [0.25, 0.3) is 0 Å². The lowest BCUT2D eigenvalue weighted by molar-refractivity contribution is 0.109. The first-order chi connectivity index (χ1) is 8.44. The molecule has 1 aromatic carbocycles. The number of benzene rings is 1. The second-order valence-corrected chi connectivity index (χ2v) is 5.36. The minimum absolute atomic E-state index is 0.169. The third kappa shape index (κ3) is 5.27. The van der Waals surface area contributed by atoms with Crippen molar-refractivity contribution in [3.05, 3.63) is 35.4 Å². The second-order valence-electron chi connectivity index (χ2n) is 5.16. The molecule has 0 aliphatic heterocycles. The minimum Gasteiger partial charge on any atom is -0.414 e. The lowest BCUT2D eigenvalue weighted by Gasteiger charge is -2.22. The molecule has 0 saturated heterocycles. The fraction of sp³-hybridized carbons (Fsp3) is 0.571. The van der Waals surface area contributed by atoms with Gasteiger partial charge in [0.25, 0.3) is 0 Å². The van der Waals surface area contributed by atoms with Gasteiger partial charge in [-0.2, -0.15) is 0 Å². The number of hydrogen-bond donors (Lipinski definition) is 0. The van der Waals surface area contributed by atoms with Crippen LogP contribution < -0.4 is 0 Å². The van der Waals surface area contributed by atoms with Gasteiger partial charge in [-0.3, -0.25) is 0 Å². The summed E-state index contributed by atoms with van der Waals surface area (Å²) in [5.41, 5.74) is 0.421. The minimum atomic E-state index is -0.521. The summed E-state index contributed by atoms with van der Waals surface area (Å²) in [7, 11) is 3.06. The summed E-state index contributed by atoms with van der Waals surface area (Å²) < 4.78 is 31.2. The molecule has 1 aromatic rings. The van der Waals surface area contributed by atoms with Crippen molar-refractivity contribution in [2.45, 2.75) is 51.6 Å². The van der Waals surface area contributed by atoms with Gasteiger partial charge in [0.1, 0.15) is 11.6 Å². The molecule has 0 bridgehead atoms. The summed E-state index contributed by atoms with van der Waals surface area (Å²) in [4.78, 5) is 0. The van der Waals surface area contributed by atoms with Crippen LogP contribution in [0.4, 0.5) is 8.78 Å². The highest BCUT2D eigenvalue weighted by Gasteiger charge is 2.14. The summed E-state index contributed by atoms with van der Waals surface area (Å²) in [5, 5.41) is 0. The Morgan fingerprint density at radius 2 is 1.89 bits per heavy atom. The van der Waals surface area contributed by atoms with Crippen molar-refractivity contribution in [1.82, 2.24) is 0 Å². The largest absolute Gasteiger partial charge is 0.414 e. The van der Waals surface area contributed by atoms with Crippen LogP contribution in [0.1, 0.15) is 45.1 Å². The van der Waals surface area contributed by atoms with Crippen molar-refractivity contribution in [2.24, 2.45) is 0 Å². The van der Waals surface area contributed by atoms with Gasteiger partial charge < -0.3 is 4.43 Å². The SMILES string of the molecule is CC(C)(CCCCCc1ccc(F)cc1F)O[Si]. The molecule has 0 N–H and O–H groups in total. The van der Waals surface area contributed by atoms with Gasteiger partial charge in [0, 0.05) is 11.7 Å². The number of rotatable bonds is 7. The highest BCUT2D eigenvalue weighted by molar-refractivity contribution is 5.98. The van der Waals surface area contributed by atoms with E-state index in [2.05, 4.69) is 10.5 Å².